The molecule has 4 atom stereocenters. The molecule has 1 fully saturated rings. The van der Waals surface area contributed by atoms with Crippen molar-refractivity contribution in [1.82, 2.24) is 0 Å². The average Bonchev–Trinajstić information content (AvgIpc) is 3.07. The average molecular weight is 252 g/mol. The van der Waals surface area contributed by atoms with E-state index in [1.165, 1.54) is 57.8 Å². The summed E-state index contributed by atoms with van der Waals surface area (Å²) in [6.45, 7) is 12.0. The Kier molecular flexibility index (Phi) is 6.74. The first-order chi connectivity index (χ1) is 8.56. The lowest BCUT2D eigenvalue weighted by atomic mass is 9.71. The molecule has 0 aromatic carbocycles. The van der Waals surface area contributed by atoms with Gasteiger partial charge in [-0.2, -0.15) is 0 Å². The zero-order valence-corrected chi connectivity index (χ0v) is 13.6. The summed E-state index contributed by atoms with van der Waals surface area (Å²) in [6.07, 6.45) is 13.0. The van der Waals surface area contributed by atoms with Crippen LogP contribution in [0.2, 0.25) is 0 Å². The second kappa shape index (κ2) is 7.56. The molecular weight excluding hydrogens is 216 g/mol. The van der Waals surface area contributed by atoms with Gasteiger partial charge in [-0.25, -0.2) is 0 Å². The van der Waals surface area contributed by atoms with E-state index >= 15 is 0 Å². The number of hydrogen-bond acceptors (Lipinski definition) is 0. The molecule has 0 aromatic heterocycles. The van der Waals surface area contributed by atoms with Gasteiger partial charge in [0.1, 0.15) is 0 Å². The highest BCUT2D eigenvalue weighted by atomic mass is 14.4. The lowest BCUT2D eigenvalue weighted by Gasteiger charge is -2.34. The quantitative estimate of drug-likeness (QED) is 0.419. The lowest BCUT2D eigenvalue weighted by Crippen LogP contribution is -2.22. The SMILES string of the molecule is CCCCC(CC)(CCC(C)CC)CC1CC1C. The summed E-state index contributed by atoms with van der Waals surface area (Å²) >= 11 is 0. The van der Waals surface area contributed by atoms with Crippen LogP contribution in [0.1, 0.15) is 92.4 Å². The highest BCUT2D eigenvalue weighted by molar-refractivity contribution is 4.90. The molecule has 0 heteroatoms. The zero-order chi connectivity index (χ0) is 13.6. The summed E-state index contributed by atoms with van der Waals surface area (Å²) in [4.78, 5) is 0. The largest absolute Gasteiger partial charge is 0.0654 e. The molecule has 18 heavy (non-hydrogen) atoms. The Morgan fingerprint density at radius 2 is 1.83 bits per heavy atom. The van der Waals surface area contributed by atoms with Crippen LogP contribution in [-0.4, -0.2) is 0 Å². The van der Waals surface area contributed by atoms with Crippen LogP contribution in [0.15, 0.2) is 0 Å². The van der Waals surface area contributed by atoms with Crippen molar-refractivity contribution in [2.24, 2.45) is 23.2 Å². The highest BCUT2D eigenvalue weighted by Gasteiger charge is 2.40. The molecule has 4 unspecified atom stereocenters. The molecule has 1 rings (SSSR count). The van der Waals surface area contributed by atoms with Crippen molar-refractivity contribution in [2.75, 3.05) is 0 Å². The number of rotatable bonds is 10. The van der Waals surface area contributed by atoms with Crippen molar-refractivity contribution in [1.29, 1.82) is 0 Å². The normalized spacial score (nSPS) is 27.8. The van der Waals surface area contributed by atoms with Crippen LogP contribution in [0.4, 0.5) is 0 Å². The maximum atomic E-state index is 2.44. The van der Waals surface area contributed by atoms with Crippen molar-refractivity contribution in [3.05, 3.63) is 0 Å². The molecule has 1 aliphatic carbocycles. The van der Waals surface area contributed by atoms with E-state index in [4.69, 9.17) is 0 Å². The van der Waals surface area contributed by atoms with Gasteiger partial charge in [0.05, 0.1) is 0 Å². The van der Waals surface area contributed by atoms with Crippen LogP contribution in [0, 0.1) is 23.2 Å². The minimum Gasteiger partial charge on any atom is -0.0654 e. The fraction of sp³-hybridized carbons (Fsp3) is 1.00. The zero-order valence-electron chi connectivity index (χ0n) is 13.6. The highest BCUT2D eigenvalue weighted by Crippen LogP contribution is 2.51. The maximum Gasteiger partial charge on any atom is -0.0297 e. The van der Waals surface area contributed by atoms with Gasteiger partial charge in [-0.05, 0) is 48.9 Å². The van der Waals surface area contributed by atoms with Gasteiger partial charge in [-0.1, -0.05) is 66.7 Å². The van der Waals surface area contributed by atoms with Gasteiger partial charge >= 0.3 is 0 Å². The molecule has 0 N–H and O–H groups in total. The summed E-state index contributed by atoms with van der Waals surface area (Å²) in [7, 11) is 0. The maximum absolute atomic E-state index is 2.44. The Morgan fingerprint density at radius 1 is 1.17 bits per heavy atom. The van der Waals surface area contributed by atoms with Crippen LogP contribution in [-0.2, 0) is 0 Å². The Morgan fingerprint density at radius 3 is 2.28 bits per heavy atom. The first-order valence-electron chi connectivity index (χ1n) is 8.56. The van der Waals surface area contributed by atoms with Gasteiger partial charge in [0, 0.05) is 0 Å². The van der Waals surface area contributed by atoms with E-state index in [0.29, 0.717) is 5.41 Å². The second-order valence-corrected chi connectivity index (χ2v) is 7.19. The fourth-order valence-electron chi connectivity index (χ4n) is 3.38. The van der Waals surface area contributed by atoms with Gasteiger partial charge in [0.25, 0.3) is 0 Å². The molecule has 0 heterocycles. The third kappa shape index (κ3) is 4.94. The van der Waals surface area contributed by atoms with E-state index in [-0.39, 0.29) is 0 Å². The lowest BCUT2D eigenvalue weighted by molar-refractivity contribution is 0.172. The minimum atomic E-state index is 0.689. The van der Waals surface area contributed by atoms with E-state index in [1.54, 1.807) is 0 Å². The molecule has 0 aliphatic heterocycles. The smallest absolute Gasteiger partial charge is 0.0297 e. The number of hydrogen-bond donors (Lipinski definition) is 0. The molecule has 0 amide bonds. The van der Waals surface area contributed by atoms with Crippen LogP contribution >= 0.6 is 0 Å². The van der Waals surface area contributed by atoms with Crippen LogP contribution in [0.25, 0.3) is 0 Å². The summed E-state index contributed by atoms with van der Waals surface area (Å²) in [5, 5.41) is 0. The van der Waals surface area contributed by atoms with Crippen molar-refractivity contribution in [3.8, 4) is 0 Å². The van der Waals surface area contributed by atoms with E-state index in [9.17, 15) is 0 Å². The molecule has 0 saturated heterocycles. The summed E-state index contributed by atoms with van der Waals surface area (Å²) in [5.41, 5.74) is 0.689. The van der Waals surface area contributed by atoms with Gasteiger partial charge in [-0.15, -0.1) is 0 Å². The third-order valence-corrected chi connectivity index (χ3v) is 5.65. The molecule has 108 valence electrons. The molecule has 0 nitrogen and oxygen atoms in total. The molecule has 1 aliphatic rings. The standard InChI is InChI=1S/C18H36/c1-6-9-11-18(8-3,12-10-15(4)7-2)14-17-13-16(17)5/h15-17H,6-14H2,1-5H3. The van der Waals surface area contributed by atoms with Gasteiger partial charge < -0.3 is 0 Å². The first kappa shape index (κ1) is 16.1. The number of unbranched alkanes of at least 4 members (excludes halogenated alkanes) is 1. The van der Waals surface area contributed by atoms with Crippen LogP contribution in [0.3, 0.4) is 0 Å². The van der Waals surface area contributed by atoms with Gasteiger partial charge in [0.15, 0.2) is 0 Å². The fourth-order valence-corrected chi connectivity index (χ4v) is 3.38. The van der Waals surface area contributed by atoms with E-state index in [0.717, 1.165) is 17.8 Å². The molecule has 0 bridgehead atoms. The van der Waals surface area contributed by atoms with Gasteiger partial charge in [-0.3, -0.25) is 0 Å². The van der Waals surface area contributed by atoms with E-state index in [2.05, 4.69) is 34.6 Å². The molecule has 1 saturated carbocycles. The monoisotopic (exact) mass is 252 g/mol. The topological polar surface area (TPSA) is 0 Å². The summed E-state index contributed by atoms with van der Waals surface area (Å²) < 4.78 is 0. The van der Waals surface area contributed by atoms with Crippen LogP contribution in [0.5, 0.6) is 0 Å². The Bertz CT molecular complexity index is 220. The first-order valence-corrected chi connectivity index (χ1v) is 8.56. The van der Waals surface area contributed by atoms with Crippen molar-refractivity contribution in [2.45, 2.75) is 92.4 Å². The van der Waals surface area contributed by atoms with Gasteiger partial charge in [0.2, 0.25) is 0 Å². The van der Waals surface area contributed by atoms with Crippen molar-refractivity contribution < 1.29 is 0 Å². The predicted molar refractivity (Wildman–Crippen MR) is 82.8 cm³/mol. The predicted octanol–water partition coefficient (Wildman–Crippen LogP) is 6.45. The third-order valence-electron chi connectivity index (χ3n) is 5.65. The Labute approximate surface area is 116 Å². The summed E-state index contributed by atoms with van der Waals surface area (Å²) in [5.74, 6) is 3.02. The molecule has 0 aromatic rings. The Hall–Kier alpha value is 0. The van der Waals surface area contributed by atoms with E-state index < -0.39 is 0 Å². The second-order valence-electron chi connectivity index (χ2n) is 7.19. The minimum absolute atomic E-state index is 0.689. The molecule has 0 radical (unpaired) electrons. The van der Waals surface area contributed by atoms with Crippen molar-refractivity contribution >= 4 is 0 Å². The van der Waals surface area contributed by atoms with E-state index in [1.807, 2.05) is 0 Å². The van der Waals surface area contributed by atoms with Crippen molar-refractivity contribution in [3.63, 3.8) is 0 Å². The summed E-state index contributed by atoms with van der Waals surface area (Å²) in [6, 6.07) is 0. The molecule has 0 spiro atoms. The Balaban J connectivity index is 2.52. The van der Waals surface area contributed by atoms with Crippen LogP contribution < -0.4 is 0 Å². The molecular formula is C18H36.